The summed E-state index contributed by atoms with van der Waals surface area (Å²) in [5, 5.41) is 4.56. The summed E-state index contributed by atoms with van der Waals surface area (Å²) in [5.41, 5.74) is 4.83. The molecule has 5 heteroatoms. The summed E-state index contributed by atoms with van der Waals surface area (Å²) in [6.45, 7) is 5.87. The van der Waals surface area contributed by atoms with Crippen molar-refractivity contribution in [2.75, 3.05) is 13.2 Å². The van der Waals surface area contributed by atoms with Gasteiger partial charge in [0.15, 0.2) is 5.69 Å². The molecule has 1 aliphatic heterocycles. The first-order valence-electron chi connectivity index (χ1n) is 9.31. The minimum Gasteiger partial charge on any atom is -0.494 e. The maximum Gasteiger partial charge on any atom is 0.274 e. The van der Waals surface area contributed by atoms with Gasteiger partial charge in [0, 0.05) is 18.8 Å². The molecule has 0 spiro atoms. The second kappa shape index (κ2) is 7.27. The third kappa shape index (κ3) is 3.45. The van der Waals surface area contributed by atoms with E-state index < -0.39 is 0 Å². The summed E-state index contributed by atoms with van der Waals surface area (Å²) in [4.78, 5) is 14.9. The fraction of sp³-hybridized carbons (Fsp3) is 0.273. The van der Waals surface area contributed by atoms with Gasteiger partial charge in [-0.25, -0.2) is 4.68 Å². The Balaban J connectivity index is 1.56. The lowest BCUT2D eigenvalue weighted by molar-refractivity contribution is 0.0728. The van der Waals surface area contributed by atoms with Crippen LogP contribution < -0.4 is 4.74 Å². The van der Waals surface area contributed by atoms with Crippen LogP contribution in [-0.2, 0) is 13.0 Å². The zero-order valence-corrected chi connectivity index (χ0v) is 15.7. The van der Waals surface area contributed by atoms with Crippen LogP contribution in [0.25, 0.3) is 5.69 Å². The van der Waals surface area contributed by atoms with Crippen molar-refractivity contribution in [3.05, 3.63) is 77.1 Å². The number of aryl methyl sites for hydroxylation is 1. The lowest BCUT2D eigenvalue weighted by Gasteiger charge is -2.28. The van der Waals surface area contributed by atoms with Crippen molar-refractivity contribution in [3.8, 4) is 11.4 Å². The number of ether oxygens (including phenoxy) is 1. The second-order valence-corrected chi connectivity index (χ2v) is 6.76. The van der Waals surface area contributed by atoms with Crippen molar-refractivity contribution in [2.45, 2.75) is 26.8 Å². The van der Waals surface area contributed by atoms with Gasteiger partial charge in [-0.3, -0.25) is 4.79 Å². The number of para-hydroxylation sites is 1. The van der Waals surface area contributed by atoms with Crippen LogP contribution >= 0.6 is 0 Å². The molecule has 27 heavy (non-hydrogen) atoms. The van der Waals surface area contributed by atoms with E-state index in [1.807, 2.05) is 72.0 Å². The Kier molecular flexibility index (Phi) is 4.67. The molecule has 0 fully saturated rings. The molecule has 0 aliphatic carbocycles. The number of amides is 1. The summed E-state index contributed by atoms with van der Waals surface area (Å²) in [7, 11) is 0. The minimum absolute atomic E-state index is 0.0276. The number of hydrogen-bond donors (Lipinski definition) is 0. The first-order chi connectivity index (χ1) is 13.2. The van der Waals surface area contributed by atoms with E-state index in [1.54, 1.807) is 0 Å². The number of rotatable bonds is 4. The monoisotopic (exact) mass is 361 g/mol. The van der Waals surface area contributed by atoms with Gasteiger partial charge in [0.2, 0.25) is 0 Å². The van der Waals surface area contributed by atoms with Crippen molar-refractivity contribution in [3.63, 3.8) is 0 Å². The molecule has 3 aromatic rings. The van der Waals surface area contributed by atoms with Gasteiger partial charge in [-0.2, -0.15) is 5.10 Å². The largest absolute Gasteiger partial charge is 0.494 e. The highest BCUT2D eigenvalue weighted by molar-refractivity contribution is 5.92. The molecule has 0 bridgehead atoms. The van der Waals surface area contributed by atoms with Gasteiger partial charge in [0.25, 0.3) is 5.91 Å². The van der Waals surface area contributed by atoms with Crippen LogP contribution in [0.5, 0.6) is 5.75 Å². The summed E-state index contributed by atoms with van der Waals surface area (Å²) in [5.74, 6) is 0.829. The minimum atomic E-state index is -0.0276. The van der Waals surface area contributed by atoms with Crippen LogP contribution in [0.1, 0.15) is 34.2 Å². The molecule has 0 radical (unpaired) electrons. The van der Waals surface area contributed by atoms with Crippen LogP contribution in [0.3, 0.4) is 0 Å². The van der Waals surface area contributed by atoms with E-state index in [0.29, 0.717) is 25.4 Å². The number of fused-ring (bicyclic) bond motifs is 1. The standard InChI is InChI=1S/C22H23N3O2/c1-3-27-20-10-9-17-11-12-24(15-18(17)14-20)22(26)21-13-16(2)25(23-21)19-7-5-4-6-8-19/h4-10,13-14H,3,11-12,15H2,1-2H3. The van der Waals surface area contributed by atoms with E-state index in [1.165, 1.54) is 5.56 Å². The van der Waals surface area contributed by atoms with Crippen molar-refractivity contribution >= 4 is 5.91 Å². The second-order valence-electron chi connectivity index (χ2n) is 6.76. The molecule has 2 heterocycles. The highest BCUT2D eigenvalue weighted by Gasteiger charge is 2.24. The van der Waals surface area contributed by atoms with E-state index in [0.717, 1.165) is 29.1 Å². The zero-order chi connectivity index (χ0) is 18.8. The smallest absolute Gasteiger partial charge is 0.274 e. The van der Waals surface area contributed by atoms with Crippen LogP contribution in [0, 0.1) is 6.92 Å². The SMILES string of the molecule is CCOc1ccc2c(c1)CN(C(=O)c1cc(C)n(-c3ccccc3)n1)CC2. The van der Waals surface area contributed by atoms with Gasteiger partial charge >= 0.3 is 0 Å². The predicted octanol–water partition coefficient (Wildman–Crippen LogP) is 3.78. The Morgan fingerprint density at radius 2 is 1.93 bits per heavy atom. The topological polar surface area (TPSA) is 47.4 Å². The molecular weight excluding hydrogens is 338 g/mol. The van der Waals surface area contributed by atoms with Gasteiger partial charge in [-0.15, -0.1) is 0 Å². The first kappa shape index (κ1) is 17.3. The summed E-state index contributed by atoms with van der Waals surface area (Å²) in [6.07, 6.45) is 0.853. The Morgan fingerprint density at radius 3 is 2.70 bits per heavy atom. The average Bonchev–Trinajstić information content (AvgIpc) is 3.09. The van der Waals surface area contributed by atoms with E-state index in [2.05, 4.69) is 11.2 Å². The van der Waals surface area contributed by atoms with Crippen LogP contribution in [0.2, 0.25) is 0 Å². The maximum atomic E-state index is 13.0. The van der Waals surface area contributed by atoms with Gasteiger partial charge in [-0.1, -0.05) is 24.3 Å². The Labute approximate surface area is 159 Å². The summed E-state index contributed by atoms with van der Waals surface area (Å²) in [6, 6.07) is 17.9. The van der Waals surface area contributed by atoms with E-state index >= 15 is 0 Å². The van der Waals surface area contributed by atoms with E-state index in [-0.39, 0.29) is 5.91 Å². The Hall–Kier alpha value is -3.08. The first-order valence-corrected chi connectivity index (χ1v) is 9.31. The molecule has 0 saturated heterocycles. The number of carbonyl (C=O) groups is 1. The molecule has 1 aliphatic rings. The number of aromatic nitrogens is 2. The molecular formula is C22H23N3O2. The average molecular weight is 361 g/mol. The third-order valence-electron chi connectivity index (χ3n) is 4.90. The normalized spacial score (nSPS) is 13.3. The van der Waals surface area contributed by atoms with Gasteiger partial charge in [-0.05, 0) is 61.7 Å². The third-order valence-corrected chi connectivity index (χ3v) is 4.90. The molecule has 138 valence electrons. The van der Waals surface area contributed by atoms with Crippen molar-refractivity contribution in [1.29, 1.82) is 0 Å². The zero-order valence-electron chi connectivity index (χ0n) is 15.7. The molecule has 0 unspecified atom stereocenters. The molecule has 1 aromatic heterocycles. The fourth-order valence-corrected chi connectivity index (χ4v) is 3.53. The van der Waals surface area contributed by atoms with Crippen molar-refractivity contribution in [1.82, 2.24) is 14.7 Å². The highest BCUT2D eigenvalue weighted by atomic mass is 16.5. The summed E-state index contributed by atoms with van der Waals surface area (Å²) < 4.78 is 7.42. The van der Waals surface area contributed by atoms with Gasteiger partial charge in [0.1, 0.15) is 5.75 Å². The number of nitrogens with zero attached hydrogens (tertiary/aromatic N) is 3. The van der Waals surface area contributed by atoms with Gasteiger partial charge in [0.05, 0.1) is 12.3 Å². The lowest BCUT2D eigenvalue weighted by Crippen LogP contribution is -2.36. The molecule has 0 atom stereocenters. The fourth-order valence-electron chi connectivity index (χ4n) is 3.53. The Morgan fingerprint density at radius 1 is 1.11 bits per heavy atom. The van der Waals surface area contributed by atoms with Gasteiger partial charge < -0.3 is 9.64 Å². The van der Waals surface area contributed by atoms with Crippen LogP contribution in [-0.4, -0.2) is 33.7 Å². The molecule has 1 amide bonds. The number of carbonyl (C=O) groups excluding carboxylic acids is 1. The quantitative estimate of drug-likeness (QED) is 0.710. The van der Waals surface area contributed by atoms with Crippen LogP contribution in [0.15, 0.2) is 54.6 Å². The number of hydrogen-bond acceptors (Lipinski definition) is 3. The molecule has 5 nitrogen and oxygen atoms in total. The van der Waals surface area contributed by atoms with E-state index in [4.69, 9.17) is 4.74 Å². The van der Waals surface area contributed by atoms with Crippen molar-refractivity contribution in [2.24, 2.45) is 0 Å². The molecule has 0 saturated carbocycles. The maximum absolute atomic E-state index is 13.0. The molecule has 0 N–H and O–H groups in total. The van der Waals surface area contributed by atoms with Crippen LogP contribution in [0.4, 0.5) is 0 Å². The lowest BCUT2D eigenvalue weighted by atomic mass is 9.99. The Bertz CT molecular complexity index is 963. The number of benzene rings is 2. The predicted molar refractivity (Wildman–Crippen MR) is 104 cm³/mol. The molecule has 4 rings (SSSR count). The molecule has 2 aromatic carbocycles. The summed E-state index contributed by atoms with van der Waals surface area (Å²) >= 11 is 0. The van der Waals surface area contributed by atoms with Crippen molar-refractivity contribution < 1.29 is 9.53 Å². The van der Waals surface area contributed by atoms with E-state index in [9.17, 15) is 4.79 Å². The highest BCUT2D eigenvalue weighted by Crippen LogP contribution is 2.25.